The summed E-state index contributed by atoms with van der Waals surface area (Å²) in [6.07, 6.45) is 0. The number of hydrogen-bond donors (Lipinski definition) is 1. The van der Waals surface area contributed by atoms with Gasteiger partial charge in [-0.05, 0) is 48.0 Å². The first-order valence-corrected chi connectivity index (χ1v) is 6.93. The molecule has 3 nitrogen and oxygen atoms in total. The van der Waals surface area contributed by atoms with Crippen LogP contribution < -0.4 is 10.1 Å². The molecule has 100 valence electrons. The Hall–Kier alpha value is -1.55. The van der Waals surface area contributed by atoms with Gasteiger partial charge in [-0.3, -0.25) is 0 Å². The molecular formula is C15H17BrN2O. The van der Waals surface area contributed by atoms with E-state index in [0.29, 0.717) is 0 Å². The zero-order valence-corrected chi connectivity index (χ0v) is 12.9. The lowest BCUT2D eigenvalue weighted by atomic mass is 10.1. The van der Waals surface area contributed by atoms with Gasteiger partial charge in [-0.25, -0.2) is 4.98 Å². The number of methoxy groups -OCH3 is 1. The minimum absolute atomic E-state index is 0.151. The Balaban J connectivity index is 2.23. The summed E-state index contributed by atoms with van der Waals surface area (Å²) in [5.41, 5.74) is 3.13. The van der Waals surface area contributed by atoms with Gasteiger partial charge < -0.3 is 10.1 Å². The van der Waals surface area contributed by atoms with Crippen LogP contribution in [0.4, 0.5) is 5.69 Å². The van der Waals surface area contributed by atoms with E-state index in [9.17, 15) is 0 Å². The maximum absolute atomic E-state index is 5.39. The molecule has 0 bridgehead atoms. The van der Waals surface area contributed by atoms with Crippen LogP contribution in [-0.4, -0.2) is 12.1 Å². The minimum Gasteiger partial charge on any atom is -0.496 e. The van der Waals surface area contributed by atoms with Crippen molar-refractivity contribution in [2.24, 2.45) is 0 Å². The zero-order valence-electron chi connectivity index (χ0n) is 11.3. The Morgan fingerprint density at radius 3 is 2.63 bits per heavy atom. The highest BCUT2D eigenvalue weighted by Crippen LogP contribution is 2.28. The average Bonchev–Trinajstić information content (AvgIpc) is 2.41. The molecule has 0 radical (unpaired) electrons. The van der Waals surface area contributed by atoms with Crippen LogP contribution in [0.3, 0.4) is 0 Å². The number of pyridine rings is 1. The molecule has 0 amide bonds. The molecule has 1 heterocycles. The zero-order chi connectivity index (χ0) is 13.8. The molecule has 0 aliphatic carbocycles. The third-order valence-electron chi connectivity index (χ3n) is 3.03. The van der Waals surface area contributed by atoms with Crippen LogP contribution in [0, 0.1) is 6.92 Å². The predicted octanol–water partition coefficient (Wildman–Crippen LogP) is 4.33. The van der Waals surface area contributed by atoms with Gasteiger partial charge in [0.15, 0.2) is 0 Å². The second kappa shape index (κ2) is 6.06. The van der Waals surface area contributed by atoms with Crippen LogP contribution in [0.15, 0.2) is 41.0 Å². The second-order valence-corrected chi connectivity index (χ2v) is 5.19. The summed E-state index contributed by atoms with van der Waals surface area (Å²) in [7, 11) is 1.69. The smallest absolute Gasteiger partial charge is 0.124 e. The van der Waals surface area contributed by atoms with Crippen LogP contribution in [0.1, 0.15) is 24.2 Å². The molecule has 1 unspecified atom stereocenters. The first-order valence-electron chi connectivity index (χ1n) is 6.14. The van der Waals surface area contributed by atoms with E-state index >= 15 is 0 Å². The summed E-state index contributed by atoms with van der Waals surface area (Å²) >= 11 is 3.37. The monoisotopic (exact) mass is 320 g/mol. The van der Waals surface area contributed by atoms with Crippen LogP contribution in [0.2, 0.25) is 0 Å². The summed E-state index contributed by atoms with van der Waals surface area (Å²) in [5, 5.41) is 3.47. The molecule has 2 aromatic rings. The molecule has 1 aromatic heterocycles. The molecule has 1 N–H and O–H groups in total. The third-order valence-corrected chi connectivity index (χ3v) is 3.47. The van der Waals surface area contributed by atoms with Crippen molar-refractivity contribution in [3.63, 3.8) is 0 Å². The molecule has 0 spiro atoms. The maximum atomic E-state index is 5.39. The van der Waals surface area contributed by atoms with Crippen molar-refractivity contribution in [3.05, 3.63) is 52.3 Å². The van der Waals surface area contributed by atoms with Crippen molar-refractivity contribution in [1.82, 2.24) is 4.98 Å². The summed E-state index contributed by atoms with van der Waals surface area (Å²) in [6, 6.07) is 12.1. The molecule has 0 aliphatic heterocycles. The molecule has 0 saturated heterocycles. The van der Waals surface area contributed by atoms with E-state index in [1.54, 1.807) is 7.11 Å². The van der Waals surface area contributed by atoms with Crippen molar-refractivity contribution in [2.45, 2.75) is 19.9 Å². The molecule has 19 heavy (non-hydrogen) atoms. The topological polar surface area (TPSA) is 34.1 Å². The van der Waals surface area contributed by atoms with Gasteiger partial charge in [-0.1, -0.05) is 18.2 Å². The number of ether oxygens (including phenoxy) is 1. The summed E-state index contributed by atoms with van der Waals surface area (Å²) in [6.45, 7) is 4.10. The van der Waals surface area contributed by atoms with Crippen LogP contribution in [0.25, 0.3) is 0 Å². The summed E-state index contributed by atoms with van der Waals surface area (Å²) < 4.78 is 6.24. The summed E-state index contributed by atoms with van der Waals surface area (Å²) in [4.78, 5) is 4.39. The van der Waals surface area contributed by atoms with E-state index < -0.39 is 0 Å². The lowest BCUT2D eigenvalue weighted by Crippen LogP contribution is -2.09. The fourth-order valence-electron chi connectivity index (χ4n) is 2.02. The first kappa shape index (κ1) is 13.9. The quantitative estimate of drug-likeness (QED) is 0.851. The van der Waals surface area contributed by atoms with Crippen LogP contribution in [-0.2, 0) is 0 Å². The van der Waals surface area contributed by atoms with Gasteiger partial charge in [0.2, 0.25) is 0 Å². The number of aryl methyl sites for hydroxylation is 1. The molecule has 0 aliphatic rings. The molecular weight excluding hydrogens is 304 g/mol. The number of hydrogen-bond acceptors (Lipinski definition) is 3. The maximum Gasteiger partial charge on any atom is 0.124 e. The first-order chi connectivity index (χ1) is 9.11. The predicted molar refractivity (Wildman–Crippen MR) is 81.7 cm³/mol. The lowest BCUT2D eigenvalue weighted by molar-refractivity contribution is 0.408. The summed E-state index contributed by atoms with van der Waals surface area (Å²) in [5.74, 6) is 0.894. The Bertz CT molecular complexity index is 572. The molecule has 1 atom stereocenters. The Kier molecular flexibility index (Phi) is 4.43. The molecule has 2 rings (SSSR count). The third kappa shape index (κ3) is 3.26. The normalized spacial score (nSPS) is 12.0. The number of nitrogens with one attached hydrogen (secondary N) is 1. The molecule has 0 fully saturated rings. The number of anilines is 1. The standard InChI is InChI=1S/C15H17BrN2O/c1-10(12-6-4-5-7-14(12)19-3)17-13-8-9-15(16)18-11(13)2/h4-10,17H,1-3H3. The highest BCUT2D eigenvalue weighted by atomic mass is 79.9. The highest BCUT2D eigenvalue weighted by molar-refractivity contribution is 9.10. The second-order valence-electron chi connectivity index (χ2n) is 4.37. The van der Waals surface area contributed by atoms with E-state index in [0.717, 1.165) is 27.3 Å². The van der Waals surface area contributed by atoms with Gasteiger partial charge in [-0.15, -0.1) is 0 Å². The molecule has 0 saturated carbocycles. The highest BCUT2D eigenvalue weighted by Gasteiger charge is 2.11. The van der Waals surface area contributed by atoms with Gasteiger partial charge >= 0.3 is 0 Å². The van der Waals surface area contributed by atoms with E-state index in [-0.39, 0.29) is 6.04 Å². The number of halogens is 1. The van der Waals surface area contributed by atoms with Crippen LogP contribution >= 0.6 is 15.9 Å². The number of para-hydroxylation sites is 1. The average molecular weight is 321 g/mol. The van der Waals surface area contributed by atoms with Crippen LogP contribution in [0.5, 0.6) is 5.75 Å². The van der Waals surface area contributed by atoms with E-state index in [1.165, 1.54) is 0 Å². The minimum atomic E-state index is 0.151. The largest absolute Gasteiger partial charge is 0.496 e. The van der Waals surface area contributed by atoms with E-state index in [1.807, 2.05) is 37.3 Å². The fourth-order valence-corrected chi connectivity index (χ4v) is 2.42. The van der Waals surface area contributed by atoms with Gasteiger partial charge in [0.05, 0.1) is 24.5 Å². The SMILES string of the molecule is COc1ccccc1C(C)Nc1ccc(Br)nc1C. The number of nitrogens with zero attached hydrogens (tertiary/aromatic N) is 1. The van der Waals surface area contributed by atoms with Crippen molar-refractivity contribution in [1.29, 1.82) is 0 Å². The lowest BCUT2D eigenvalue weighted by Gasteiger charge is -2.19. The van der Waals surface area contributed by atoms with Gasteiger partial charge in [0, 0.05) is 5.56 Å². The van der Waals surface area contributed by atoms with Crippen molar-refractivity contribution in [2.75, 3.05) is 12.4 Å². The van der Waals surface area contributed by atoms with Crippen molar-refractivity contribution in [3.8, 4) is 5.75 Å². The molecule has 1 aromatic carbocycles. The Morgan fingerprint density at radius 2 is 1.95 bits per heavy atom. The number of aromatic nitrogens is 1. The molecule has 4 heteroatoms. The number of rotatable bonds is 4. The van der Waals surface area contributed by atoms with Crippen molar-refractivity contribution >= 4 is 21.6 Å². The van der Waals surface area contributed by atoms with Gasteiger partial charge in [0.25, 0.3) is 0 Å². The Morgan fingerprint density at radius 1 is 1.21 bits per heavy atom. The van der Waals surface area contributed by atoms with Gasteiger partial charge in [-0.2, -0.15) is 0 Å². The Labute approximate surface area is 122 Å². The van der Waals surface area contributed by atoms with Crippen molar-refractivity contribution < 1.29 is 4.74 Å². The van der Waals surface area contributed by atoms with E-state index in [2.05, 4.69) is 39.2 Å². The number of benzene rings is 1. The van der Waals surface area contributed by atoms with Gasteiger partial charge in [0.1, 0.15) is 10.4 Å². The fraction of sp³-hybridized carbons (Fsp3) is 0.267. The van der Waals surface area contributed by atoms with E-state index in [4.69, 9.17) is 4.74 Å².